The normalized spacial score (nSPS) is 18.5. The van der Waals surface area contributed by atoms with E-state index in [4.69, 9.17) is 0 Å². The maximum atomic E-state index is 12.4. The maximum Gasteiger partial charge on any atom is 0.307 e. The zero-order valence-electron chi connectivity index (χ0n) is 13.4. The van der Waals surface area contributed by atoms with Crippen molar-refractivity contribution in [3.8, 4) is 0 Å². The average molecular weight is 298 g/mol. The van der Waals surface area contributed by atoms with Crippen LogP contribution in [0.5, 0.6) is 0 Å². The lowest BCUT2D eigenvalue weighted by molar-refractivity contribution is -0.143. The molecule has 0 aromatic heterocycles. The predicted molar refractivity (Wildman–Crippen MR) is 78.4 cm³/mol. The number of carbonyl (C=O) groups excluding carboxylic acids is 3. The molecule has 0 saturated carbocycles. The van der Waals surface area contributed by atoms with Gasteiger partial charge in [0.15, 0.2) is 0 Å². The fourth-order valence-corrected chi connectivity index (χ4v) is 2.53. The third kappa shape index (κ3) is 5.02. The van der Waals surface area contributed by atoms with E-state index < -0.39 is 0 Å². The van der Waals surface area contributed by atoms with Gasteiger partial charge in [-0.1, -0.05) is 13.8 Å². The zero-order valence-corrected chi connectivity index (χ0v) is 13.4. The number of esters is 1. The second-order valence-corrected chi connectivity index (χ2v) is 5.86. The lowest BCUT2D eigenvalue weighted by atomic mass is 9.95. The summed E-state index contributed by atoms with van der Waals surface area (Å²) in [5.41, 5.74) is 0. The van der Waals surface area contributed by atoms with Crippen LogP contribution >= 0.6 is 0 Å². The topological polar surface area (TPSA) is 66.9 Å². The standard InChI is InChI=1S/C15H26N2O4/c1-11(2)14(19)17-8-5-6-12(10-17)15(20)16(3)9-7-13(18)21-4/h11-12H,5-10H2,1-4H3. The Morgan fingerprint density at radius 2 is 2.00 bits per heavy atom. The van der Waals surface area contributed by atoms with Gasteiger partial charge in [0.2, 0.25) is 11.8 Å². The molecule has 1 fully saturated rings. The van der Waals surface area contributed by atoms with Crippen LogP contribution in [0.4, 0.5) is 0 Å². The Morgan fingerprint density at radius 3 is 2.57 bits per heavy atom. The van der Waals surface area contributed by atoms with E-state index in [0.29, 0.717) is 13.1 Å². The molecule has 1 aliphatic rings. The number of amides is 2. The third-order valence-corrected chi connectivity index (χ3v) is 3.83. The molecule has 0 spiro atoms. The van der Waals surface area contributed by atoms with Crippen molar-refractivity contribution in [2.24, 2.45) is 11.8 Å². The van der Waals surface area contributed by atoms with Crippen LogP contribution in [0.25, 0.3) is 0 Å². The molecule has 0 aromatic rings. The van der Waals surface area contributed by atoms with Gasteiger partial charge in [-0.15, -0.1) is 0 Å². The van der Waals surface area contributed by atoms with Crippen LogP contribution in [0.15, 0.2) is 0 Å². The Morgan fingerprint density at radius 1 is 1.33 bits per heavy atom. The van der Waals surface area contributed by atoms with Crippen molar-refractivity contribution in [1.82, 2.24) is 9.80 Å². The molecule has 1 unspecified atom stereocenters. The molecule has 0 N–H and O–H groups in total. The largest absolute Gasteiger partial charge is 0.469 e. The van der Waals surface area contributed by atoms with Crippen molar-refractivity contribution < 1.29 is 19.1 Å². The minimum Gasteiger partial charge on any atom is -0.469 e. The van der Waals surface area contributed by atoms with Crippen LogP contribution in [0, 0.1) is 11.8 Å². The van der Waals surface area contributed by atoms with Gasteiger partial charge in [0.1, 0.15) is 0 Å². The van der Waals surface area contributed by atoms with Gasteiger partial charge in [-0.2, -0.15) is 0 Å². The average Bonchev–Trinajstić information content (AvgIpc) is 2.50. The van der Waals surface area contributed by atoms with Crippen LogP contribution in [0.1, 0.15) is 33.1 Å². The van der Waals surface area contributed by atoms with Gasteiger partial charge in [-0.25, -0.2) is 0 Å². The van der Waals surface area contributed by atoms with E-state index in [2.05, 4.69) is 4.74 Å². The number of rotatable bonds is 5. The van der Waals surface area contributed by atoms with Crippen LogP contribution in [-0.4, -0.2) is 61.4 Å². The molecule has 1 rings (SSSR count). The number of carbonyl (C=O) groups is 3. The van der Waals surface area contributed by atoms with E-state index >= 15 is 0 Å². The van der Waals surface area contributed by atoms with Gasteiger partial charge in [-0.05, 0) is 12.8 Å². The number of methoxy groups -OCH3 is 1. The summed E-state index contributed by atoms with van der Waals surface area (Å²) in [5, 5.41) is 0. The van der Waals surface area contributed by atoms with Crippen molar-refractivity contribution in [3.05, 3.63) is 0 Å². The second-order valence-electron chi connectivity index (χ2n) is 5.86. The van der Waals surface area contributed by atoms with Gasteiger partial charge in [0.25, 0.3) is 0 Å². The first-order valence-electron chi connectivity index (χ1n) is 7.47. The van der Waals surface area contributed by atoms with Crippen LogP contribution < -0.4 is 0 Å². The minimum atomic E-state index is -0.324. The Bertz CT molecular complexity index is 395. The summed E-state index contributed by atoms with van der Waals surface area (Å²) in [6.45, 7) is 5.30. The monoisotopic (exact) mass is 298 g/mol. The summed E-state index contributed by atoms with van der Waals surface area (Å²) in [7, 11) is 3.02. The van der Waals surface area contributed by atoms with E-state index in [-0.39, 0.29) is 36.0 Å². The molecule has 21 heavy (non-hydrogen) atoms. The summed E-state index contributed by atoms with van der Waals surface area (Å²) >= 11 is 0. The Kier molecular flexibility index (Phi) is 6.65. The zero-order chi connectivity index (χ0) is 16.0. The molecule has 6 nitrogen and oxygen atoms in total. The lowest BCUT2D eigenvalue weighted by Crippen LogP contribution is -2.47. The van der Waals surface area contributed by atoms with Gasteiger partial charge in [-0.3, -0.25) is 14.4 Å². The molecule has 0 aromatic carbocycles. The molecular formula is C15H26N2O4. The molecule has 6 heteroatoms. The third-order valence-electron chi connectivity index (χ3n) is 3.83. The minimum absolute atomic E-state index is 0.000147. The number of hydrogen-bond acceptors (Lipinski definition) is 4. The molecular weight excluding hydrogens is 272 g/mol. The molecule has 120 valence electrons. The van der Waals surface area contributed by atoms with E-state index in [1.165, 1.54) is 7.11 Å². The molecule has 1 heterocycles. The predicted octanol–water partition coefficient (Wildman–Crippen LogP) is 0.902. The Hall–Kier alpha value is -1.59. The number of nitrogens with zero attached hydrogens (tertiary/aromatic N) is 2. The van der Waals surface area contributed by atoms with Crippen molar-refractivity contribution in [2.45, 2.75) is 33.1 Å². The first-order chi connectivity index (χ1) is 9.86. The van der Waals surface area contributed by atoms with Gasteiger partial charge < -0.3 is 14.5 Å². The van der Waals surface area contributed by atoms with Gasteiger partial charge >= 0.3 is 5.97 Å². The van der Waals surface area contributed by atoms with E-state index in [0.717, 1.165) is 19.4 Å². The summed E-state index contributed by atoms with van der Waals surface area (Å²) in [6, 6.07) is 0. The smallest absolute Gasteiger partial charge is 0.307 e. The molecule has 0 radical (unpaired) electrons. The second kappa shape index (κ2) is 8.00. The number of likely N-dealkylation sites (tertiary alicyclic amines) is 1. The highest BCUT2D eigenvalue weighted by atomic mass is 16.5. The molecule has 1 aliphatic heterocycles. The Labute approximate surface area is 126 Å². The molecule has 1 saturated heterocycles. The van der Waals surface area contributed by atoms with Crippen LogP contribution in [0.2, 0.25) is 0 Å². The number of hydrogen-bond donors (Lipinski definition) is 0. The molecule has 2 amide bonds. The first kappa shape index (κ1) is 17.5. The van der Waals surface area contributed by atoms with Gasteiger partial charge in [0, 0.05) is 32.6 Å². The highest BCUT2D eigenvalue weighted by molar-refractivity contribution is 5.82. The van der Waals surface area contributed by atoms with E-state index in [1.54, 1.807) is 16.8 Å². The highest BCUT2D eigenvalue weighted by Crippen LogP contribution is 2.20. The summed E-state index contributed by atoms with van der Waals surface area (Å²) < 4.78 is 4.57. The first-order valence-corrected chi connectivity index (χ1v) is 7.47. The number of ether oxygens (including phenoxy) is 1. The highest BCUT2D eigenvalue weighted by Gasteiger charge is 2.30. The molecule has 1 atom stereocenters. The summed E-state index contributed by atoms with van der Waals surface area (Å²) in [6.07, 6.45) is 1.84. The van der Waals surface area contributed by atoms with Crippen molar-refractivity contribution in [3.63, 3.8) is 0 Å². The van der Waals surface area contributed by atoms with E-state index in [1.807, 2.05) is 13.8 Å². The van der Waals surface area contributed by atoms with Crippen LogP contribution in [0.3, 0.4) is 0 Å². The Balaban J connectivity index is 2.53. The lowest BCUT2D eigenvalue weighted by Gasteiger charge is -2.34. The maximum absolute atomic E-state index is 12.4. The van der Waals surface area contributed by atoms with Gasteiger partial charge in [0.05, 0.1) is 19.4 Å². The molecule has 0 aliphatic carbocycles. The summed E-state index contributed by atoms with van der Waals surface area (Å²) in [5.74, 6) is -0.431. The quantitative estimate of drug-likeness (QED) is 0.707. The molecule has 0 bridgehead atoms. The summed E-state index contributed by atoms with van der Waals surface area (Å²) in [4.78, 5) is 38.9. The SMILES string of the molecule is COC(=O)CCN(C)C(=O)C1CCCN(C(=O)C(C)C)C1. The van der Waals surface area contributed by atoms with E-state index in [9.17, 15) is 14.4 Å². The fourth-order valence-electron chi connectivity index (χ4n) is 2.53. The van der Waals surface area contributed by atoms with Crippen molar-refractivity contribution in [1.29, 1.82) is 0 Å². The number of piperidine rings is 1. The van der Waals surface area contributed by atoms with Crippen molar-refractivity contribution >= 4 is 17.8 Å². The fraction of sp³-hybridized carbons (Fsp3) is 0.800. The van der Waals surface area contributed by atoms with Crippen molar-refractivity contribution in [2.75, 3.05) is 33.8 Å². The van der Waals surface area contributed by atoms with Crippen LogP contribution in [-0.2, 0) is 19.1 Å².